The molecule has 0 radical (unpaired) electrons. The Hall–Kier alpha value is -1.05. The summed E-state index contributed by atoms with van der Waals surface area (Å²) in [6.07, 6.45) is 9.65. The van der Waals surface area contributed by atoms with Crippen molar-refractivity contribution < 1.29 is 15.0 Å². The molecule has 1 amide bonds. The van der Waals surface area contributed by atoms with Crippen molar-refractivity contribution in [3.8, 4) is 0 Å². The minimum absolute atomic E-state index is 0.0348. The average Bonchev–Trinajstić information content (AvgIpc) is 3.35. The third-order valence-electron chi connectivity index (χ3n) is 11.0. The van der Waals surface area contributed by atoms with E-state index in [0.717, 1.165) is 37.1 Å². The standard InChI is InChI=1S/C27H43N3O3S/c1-15(5-8-23(33)28-25-30-29-16(2)34-25)19-6-7-20-24-21(10-12-27(19,20)4)26(3)11-9-18(31)13-17(26)14-22(24)32/h15,17-22,24,31-32H,5-14H2,1-4H3,(H,28,30,33)/t15-,17-,18-,19+,20-,21-,22+,24+,26+,27-/m1/s1. The number of aliphatic hydroxyl groups is 2. The maximum atomic E-state index is 12.5. The Labute approximate surface area is 208 Å². The highest BCUT2D eigenvalue weighted by molar-refractivity contribution is 7.15. The van der Waals surface area contributed by atoms with E-state index >= 15 is 0 Å². The van der Waals surface area contributed by atoms with Crippen LogP contribution in [0.2, 0.25) is 0 Å². The van der Waals surface area contributed by atoms with Gasteiger partial charge in [0.15, 0.2) is 0 Å². The molecular formula is C27H43N3O3S. The van der Waals surface area contributed by atoms with Crippen molar-refractivity contribution in [1.82, 2.24) is 10.2 Å². The summed E-state index contributed by atoms with van der Waals surface area (Å²) in [5.74, 6) is 3.16. The first-order chi connectivity index (χ1) is 16.1. The summed E-state index contributed by atoms with van der Waals surface area (Å²) in [6, 6.07) is 0. The number of carbonyl (C=O) groups excluding carboxylic acids is 1. The number of nitrogens with one attached hydrogen (secondary N) is 1. The molecule has 0 saturated heterocycles. The molecule has 7 heteroatoms. The largest absolute Gasteiger partial charge is 0.393 e. The highest BCUT2D eigenvalue weighted by Gasteiger charge is 2.62. The molecule has 4 saturated carbocycles. The van der Waals surface area contributed by atoms with Crippen LogP contribution in [-0.4, -0.2) is 38.5 Å². The maximum absolute atomic E-state index is 12.5. The molecule has 1 aromatic rings. The summed E-state index contributed by atoms with van der Waals surface area (Å²) >= 11 is 1.42. The molecule has 0 bridgehead atoms. The van der Waals surface area contributed by atoms with Gasteiger partial charge in [-0.3, -0.25) is 4.79 Å². The second-order valence-electron chi connectivity index (χ2n) is 12.6. The highest BCUT2D eigenvalue weighted by Crippen LogP contribution is 2.68. The lowest BCUT2D eigenvalue weighted by Gasteiger charge is -2.62. The normalized spacial score (nSPS) is 44.6. The van der Waals surface area contributed by atoms with E-state index in [1.165, 1.54) is 37.0 Å². The number of anilines is 1. The first-order valence-electron chi connectivity index (χ1n) is 13.6. The van der Waals surface area contributed by atoms with Crippen LogP contribution in [0.5, 0.6) is 0 Å². The van der Waals surface area contributed by atoms with Gasteiger partial charge in [-0.05, 0) is 111 Å². The minimum atomic E-state index is -0.229. The minimum Gasteiger partial charge on any atom is -0.393 e. The number of carbonyl (C=O) groups is 1. The molecular weight excluding hydrogens is 446 g/mol. The second kappa shape index (κ2) is 9.11. The molecule has 34 heavy (non-hydrogen) atoms. The molecule has 0 spiro atoms. The van der Waals surface area contributed by atoms with Crippen LogP contribution < -0.4 is 5.32 Å². The predicted molar refractivity (Wildman–Crippen MR) is 134 cm³/mol. The quantitative estimate of drug-likeness (QED) is 0.529. The van der Waals surface area contributed by atoms with E-state index in [1.807, 2.05) is 6.92 Å². The Morgan fingerprint density at radius 1 is 1.09 bits per heavy atom. The predicted octanol–water partition coefficient (Wildman–Crippen LogP) is 5.19. The molecule has 10 atom stereocenters. The number of rotatable bonds is 5. The van der Waals surface area contributed by atoms with Gasteiger partial charge in [0.2, 0.25) is 11.0 Å². The molecule has 4 aliphatic rings. The number of nitrogens with zero attached hydrogens (tertiary/aromatic N) is 2. The number of aliphatic hydroxyl groups excluding tert-OH is 2. The van der Waals surface area contributed by atoms with Crippen LogP contribution in [-0.2, 0) is 4.79 Å². The van der Waals surface area contributed by atoms with Crippen molar-refractivity contribution in [3.05, 3.63) is 5.01 Å². The summed E-state index contributed by atoms with van der Waals surface area (Å²) in [6.45, 7) is 9.20. The average molecular weight is 490 g/mol. The molecule has 0 unspecified atom stereocenters. The van der Waals surface area contributed by atoms with E-state index in [2.05, 4.69) is 36.3 Å². The summed E-state index contributed by atoms with van der Waals surface area (Å²) in [7, 11) is 0. The number of aryl methyl sites for hydroxylation is 1. The van der Waals surface area contributed by atoms with Gasteiger partial charge in [0.05, 0.1) is 12.2 Å². The number of aromatic nitrogens is 2. The summed E-state index contributed by atoms with van der Waals surface area (Å²) in [4.78, 5) is 12.5. The number of hydrogen-bond donors (Lipinski definition) is 3. The lowest BCUT2D eigenvalue weighted by Crippen LogP contribution is -2.58. The molecule has 1 heterocycles. The van der Waals surface area contributed by atoms with Gasteiger partial charge in [0.1, 0.15) is 5.01 Å². The van der Waals surface area contributed by atoms with Gasteiger partial charge >= 0.3 is 0 Å². The van der Waals surface area contributed by atoms with Crippen molar-refractivity contribution in [2.45, 2.75) is 104 Å². The smallest absolute Gasteiger partial charge is 0.226 e. The van der Waals surface area contributed by atoms with Crippen LogP contribution in [0, 0.1) is 53.3 Å². The van der Waals surface area contributed by atoms with Gasteiger partial charge in [0, 0.05) is 6.42 Å². The summed E-state index contributed by atoms with van der Waals surface area (Å²) in [5, 5.41) is 34.0. The van der Waals surface area contributed by atoms with Gasteiger partial charge in [0.25, 0.3) is 0 Å². The lowest BCUT2D eigenvalue weighted by atomic mass is 9.43. The van der Waals surface area contributed by atoms with E-state index in [0.29, 0.717) is 47.1 Å². The Kier molecular flexibility index (Phi) is 6.60. The van der Waals surface area contributed by atoms with Gasteiger partial charge in [-0.1, -0.05) is 32.1 Å². The Morgan fingerprint density at radius 3 is 2.56 bits per heavy atom. The van der Waals surface area contributed by atoms with Crippen molar-refractivity contribution in [3.63, 3.8) is 0 Å². The van der Waals surface area contributed by atoms with Crippen LogP contribution in [0.4, 0.5) is 5.13 Å². The molecule has 0 aromatic carbocycles. The van der Waals surface area contributed by atoms with Gasteiger partial charge < -0.3 is 15.5 Å². The van der Waals surface area contributed by atoms with E-state index in [4.69, 9.17) is 0 Å². The number of fused-ring (bicyclic) bond motifs is 5. The Bertz CT molecular complexity index is 907. The van der Waals surface area contributed by atoms with Crippen molar-refractivity contribution in [1.29, 1.82) is 0 Å². The van der Waals surface area contributed by atoms with Crippen LogP contribution in [0.25, 0.3) is 0 Å². The molecule has 5 rings (SSSR count). The van der Waals surface area contributed by atoms with Gasteiger partial charge in [-0.15, -0.1) is 10.2 Å². The first-order valence-corrected chi connectivity index (χ1v) is 14.4. The second-order valence-corrected chi connectivity index (χ2v) is 13.8. The van der Waals surface area contributed by atoms with Crippen LogP contribution in [0.1, 0.15) is 90.0 Å². The zero-order valence-corrected chi connectivity index (χ0v) is 22.1. The van der Waals surface area contributed by atoms with Gasteiger partial charge in [-0.2, -0.15) is 0 Å². The fourth-order valence-corrected chi connectivity index (χ4v) is 9.87. The first kappa shape index (κ1) is 24.6. The molecule has 4 fully saturated rings. The maximum Gasteiger partial charge on any atom is 0.226 e. The monoisotopic (exact) mass is 489 g/mol. The fraction of sp³-hybridized carbons (Fsp3) is 0.889. The number of hydrogen-bond acceptors (Lipinski definition) is 6. The SMILES string of the molecule is Cc1nnc(NC(=O)CC[C@@H](C)[C@@H]2CC[C@@H]3[C@H]4[C@@H](CC[C@@]32C)[C@@]2(C)CC[C@@H](O)C[C@@H]2C[C@@H]4O)s1. The highest BCUT2D eigenvalue weighted by atomic mass is 32.1. The molecule has 0 aliphatic heterocycles. The molecule has 4 aliphatic carbocycles. The number of amides is 1. The molecule has 190 valence electrons. The van der Waals surface area contributed by atoms with E-state index in [1.54, 1.807) is 0 Å². The van der Waals surface area contributed by atoms with Crippen LogP contribution in [0.15, 0.2) is 0 Å². The fourth-order valence-electron chi connectivity index (χ4n) is 9.26. The molecule has 1 aromatic heterocycles. The zero-order valence-electron chi connectivity index (χ0n) is 21.3. The lowest BCUT2D eigenvalue weighted by molar-refractivity contribution is -0.174. The summed E-state index contributed by atoms with van der Waals surface area (Å²) in [5.41, 5.74) is 0.529. The van der Waals surface area contributed by atoms with E-state index in [-0.39, 0.29) is 28.9 Å². The molecule has 3 N–H and O–H groups in total. The van der Waals surface area contributed by atoms with Crippen molar-refractivity contribution >= 4 is 22.4 Å². The van der Waals surface area contributed by atoms with Crippen molar-refractivity contribution in [2.24, 2.45) is 46.3 Å². The van der Waals surface area contributed by atoms with Gasteiger partial charge in [-0.25, -0.2) is 0 Å². The van der Waals surface area contributed by atoms with E-state index < -0.39 is 0 Å². The summed E-state index contributed by atoms with van der Waals surface area (Å²) < 4.78 is 0. The Morgan fingerprint density at radius 2 is 1.82 bits per heavy atom. The third kappa shape index (κ3) is 4.13. The topological polar surface area (TPSA) is 95.3 Å². The molecule has 6 nitrogen and oxygen atoms in total. The third-order valence-corrected chi connectivity index (χ3v) is 11.8. The van der Waals surface area contributed by atoms with Crippen molar-refractivity contribution in [2.75, 3.05) is 5.32 Å². The van der Waals surface area contributed by atoms with Crippen LogP contribution >= 0.6 is 11.3 Å². The Balaban J connectivity index is 1.25. The zero-order chi connectivity index (χ0) is 24.3. The van der Waals surface area contributed by atoms with Crippen LogP contribution in [0.3, 0.4) is 0 Å². The van der Waals surface area contributed by atoms with E-state index in [9.17, 15) is 15.0 Å².